The lowest BCUT2D eigenvalue weighted by Crippen LogP contribution is -2.24. The van der Waals surface area contributed by atoms with Crippen molar-refractivity contribution in [3.8, 4) is 0 Å². The number of hydrogen-bond acceptors (Lipinski definition) is 2. The molecule has 0 bridgehead atoms. The van der Waals surface area contributed by atoms with Gasteiger partial charge in [0.15, 0.2) is 0 Å². The van der Waals surface area contributed by atoms with Crippen molar-refractivity contribution in [2.75, 3.05) is 6.54 Å². The predicted octanol–water partition coefficient (Wildman–Crippen LogP) is 1.78. The van der Waals surface area contributed by atoms with Crippen LogP contribution in [0.3, 0.4) is 0 Å². The molecule has 0 unspecified atom stereocenters. The van der Waals surface area contributed by atoms with Gasteiger partial charge in [-0.05, 0) is 11.6 Å². The van der Waals surface area contributed by atoms with Crippen LogP contribution in [-0.4, -0.2) is 22.0 Å². The molecule has 0 radical (unpaired) electrons. The molecule has 4 heteroatoms. The number of aromatic nitrogens is 2. The molecule has 1 aromatic carbocycles. The molecule has 0 atom stereocenters. The van der Waals surface area contributed by atoms with Crippen LogP contribution in [-0.2, 0) is 17.8 Å². The van der Waals surface area contributed by atoms with Crippen molar-refractivity contribution in [1.82, 2.24) is 14.9 Å². The van der Waals surface area contributed by atoms with Gasteiger partial charge in [-0.1, -0.05) is 36.9 Å². The molecule has 0 saturated carbocycles. The number of nitrogens with one attached hydrogen (secondary N) is 1. The van der Waals surface area contributed by atoms with Crippen LogP contribution in [0.25, 0.3) is 0 Å². The Morgan fingerprint density at radius 2 is 2.16 bits per heavy atom. The summed E-state index contributed by atoms with van der Waals surface area (Å²) < 4.78 is 2.09. The fraction of sp³-hybridized carbons (Fsp3) is 0.200. The van der Waals surface area contributed by atoms with Gasteiger partial charge in [-0.25, -0.2) is 4.98 Å². The second-order valence-corrected chi connectivity index (χ2v) is 4.20. The number of benzene rings is 1. The molecule has 1 heterocycles. The Morgan fingerprint density at radius 1 is 1.37 bits per heavy atom. The maximum absolute atomic E-state index is 11.1. The number of rotatable bonds is 6. The summed E-state index contributed by atoms with van der Waals surface area (Å²) in [4.78, 5) is 15.4. The summed E-state index contributed by atoms with van der Waals surface area (Å²) in [5, 5.41) is 2.75. The van der Waals surface area contributed by atoms with E-state index < -0.39 is 0 Å². The molecule has 4 nitrogen and oxygen atoms in total. The molecular weight excluding hydrogens is 238 g/mol. The minimum atomic E-state index is -0.152. The van der Waals surface area contributed by atoms with Crippen molar-refractivity contribution in [2.24, 2.45) is 0 Å². The highest BCUT2D eigenvalue weighted by atomic mass is 16.1. The number of carbonyl (C=O) groups is 1. The minimum Gasteiger partial charge on any atom is -0.352 e. The van der Waals surface area contributed by atoms with E-state index in [1.807, 2.05) is 24.4 Å². The van der Waals surface area contributed by atoms with Crippen LogP contribution in [0.15, 0.2) is 55.4 Å². The third-order valence-electron chi connectivity index (χ3n) is 2.83. The predicted molar refractivity (Wildman–Crippen MR) is 74.7 cm³/mol. The van der Waals surface area contributed by atoms with E-state index in [4.69, 9.17) is 0 Å². The van der Waals surface area contributed by atoms with Gasteiger partial charge in [-0.3, -0.25) is 4.79 Å². The Labute approximate surface area is 112 Å². The average molecular weight is 255 g/mol. The lowest BCUT2D eigenvalue weighted by molar-refractivity contribution is -0.116. The van der Waals surface area contributed by atoms with Crippen LogP contribution < -0.4 is 5.32 Å². The van der Waals surface area contributed by atoms with Crippen molar-refractivity contribution in [1.29, 1.82) is 0 Å². The summed E-state index contributed by atoms with van der Waals surface area (Å²) in [6, 6.07) is 10.2. The van der Waals surface area contributed by atoms with Gasteiger partial charge < -0.3 is 9.88 Å². The number of hydrogen-bond donors (Lipinski definition) is 1. The monoisotopic (exact) mass is 255 g/mol. The van der Waals surface area contributed by atoms with Gasteiger partial charge in [-0.15, -0.1) is 0 Å². The van der Waals surface area contributed by atoms with Crippen molar-refractivity contribution in [3.63, 3.8) is 0 Å². The standard InChI is InChI=1S/C15H17N3O/c1-2-15(19)17-9-8-14-16-10-11-18(14)12-13-6-4-3-5-7-13/h2-7,10-11H,1,8-9,12H2,(H,17,19). The van der Waals surface area contributed by atoms with Gasteiger partial charge in [0.25, 0.3) is 0 Å². The van der Waals surface area contributed by atoms with E-state index in [1.54, 1.807) is 6.20 Å². The molecule has 98 valence electrons. The second kappa shape index (κ2) is 6.54. The smallest absolute Gasteiger partial charge is 0.243 e. The molecule has 0 saturated heterocycles. The molecule has 2 aromatic rings. The normalized spacial score (nSPS) is 10.1. The Kier molecular flexibility index (Phi) is 4.50. The van der Waals surface area contributed by atoms with Crippen molar-refractivity contribution >= 4 is 5.91 Å². The summed E-state index contributed by atoms with van der Waals surface area (Å²) in [7, 11) is 0. The quantitative estimate of drug-likeness (QED) is 0.800. The fourth-order valence-corrected chi connectivity index (χ4v) is 1.86. The first-order chi connectivity index (χ1) is 9.29. The van der Waals surface area contributed by atoms with Gasteiger partial charge >= 0.3 is 0 Å². The van der Waals surface area contributed by atoms with Gasteiger partial charge in [0.1, 0.15) is 5.82 Å². The largest absolute Gasteiger partial charge is 0.352 e. The van der Waals surface area contributed by atoms with Crippen LogP contribution in [0.4, 0.5) is 0 Å². The maximum Gasteiger partial charge on any atom is 0.243 e. The van der Waals surface area contributed by atoms with Gasteiger partial charge in [0, 0.05) is 31.9 Å². The zero-order chi connectivity index (χ0) is 13.5. The third kappa shape index (κ3) is 3.81. The first kappa shape index (κ1) is 13.1. The highest BCUT2D eigenvalue weighted by Crippen LogP contribution is 2.05. The molecule has 2 rings (SSSR count). The SMILES string of the molecule is C=CC(=O)NCCc1nccn1Cc1ccccc1. The average Bonchev–Trinajstić information content (AvgIpc) is 2.87. The van der Waals surface area contributed by atoms with Crippen molar-refractivity contribution < 1.29 is 4.79 Å². The molecular formula is C15H17N3O. The number of nitrogens with zero attached hydrogens (tertiary/aromatic N) is 2. The van der Waals surface area contributed by atoms with Crippen LogP contribution in [0, 0.1) is 0 Å². The fourth-order valence-electron chi connectivity index (χ4n) is 1.86. The molecule has 1 N–H and O–H groups in total. The summed E-state index contributed by atoms with van der Waals surface area (Å²) in [6.07, 6.45) is 5.72. The van der Waals surface area contributed by atoms with Crippen LogP contribution >= 0.6 is 0 Å². The molecule has 1 aromatic heterocycles. The van der Waals surface area contributed by atoms with E-state index in [2.05, 4.69) is 33.6 Å². The summed E-state index contributed by atoms with van der Waals surface area (Å²) in [6.45, 7) is 4.78. The number of carbonyl (C=O) groups excluding carboxylic acids is 1. The Bertz CT molecular complexity index is 546. The maximum atomic E-state index is 11.1. The first-order valence-electron chi connectivity index (χ1n) is 6.24. The van der Waals surface area contributed by atoms with E-state index in [9.17, 15) is 4.79 Å². The lowest BCUT2D eigenvalue weighted by Gasteiger charge is -2.08. The van der Waals surface area contributed by atoms with Crippen LogP contribution in [0.2, 0.25) is 0 Å². The molecule has 0 spiro atoms. The summed E-state index contributed by atoms with van der Waals surface area (Å²) >= 11 is 0. The first-order valence-corrected chi connectivity index (χ1v) is 6.24. The van der Waals surface area contributed by atoms with Gasteiger partial charge in [0.05, 0.1) is 0 Å². The second-order valence-electron chi connectivity index (χ2n) is 4.20. The lowest BCUT2D eigenvalue weighted by atomic mass is 10.2. The Hall–Kier alpha value is -2.36. The van der Waals surface area contributed by atoms with Gasteiger partial charge in [0.2, 0.25) is 5.91 Å². The van der Waals surface area contributed by atoms with Gasteiger partial charge in [-0.2, -0.15) is 0 Å². The van der Waals surface area contributed by atoms with E-state index in [-0.39, 0.29) is 5.91 Å². The van der Waals surface area contributed by atoms with E-state index >= 15 is 0 Å². The van der Waals surface area contributed by atoms with E-state index in [0.717, 1.165) is 12.4 Å². The highest BCUT2D eigenvalue weighted by Gasteiger charge is 2.03. The molecule has 0 aliphatic heterocycles. The number of imidazole rings is 1. The van der Waals surface area contributed by atoms with Crippen LogP contribution in [0.1, 0.15) is 11.4 Å². The minimum absolute atomic E-state index is 0.152. The summed E-state index contributed by atoms with van der Waals surface area (Å²) in [5.41, 5.74) is 1.23. The molecule has 0 fully saturated rings. The molecule has 19 heavy (non-hydrogen) atoms. The van der Waals surface area contributed by atoms with E-state index in [1.165, 1.54) is 11.6 Å². The zero-order valence-electron chi connectivity index (χ0n) is 10.7. The Balaban J connectivity index is 1.94. The van der Waals surface area contributed by atoms with Crippen molar-refractivity contribution in [3.05, 3.63) is 66.8 Å². The van der Waals surface area contributed by atoms with E-state index in [0.29, 0.717) is 13.0 Å². The van der Waals surface area contributed by atoms with Crippen LogP contribution in [0.5, 0.6) is 0 Å². The summed E-state index contributed by atoms with van der Waals surface area (Å²) in [5.74, 6) is 0.814. The molecule has 0 aliphatic carbocycles. The Morgan fingerprint density at radius 3 is 2.89 bits per heavy atom. The zero-order valence-corrected chi connectivity index (χ0v) is 10.7. The highest BCUT2D eigenvalue weighted by molar-refractivity contribution is 5.86. The topological polar surface area (TPSA) is 46.9 Å². The van der Waals surface area contributed by atoms with Crippen molar-refractivity contribution in [2.45, 2.75) is 13.0 Å². The molecule has 1 amide bonds. The molecule has 0 aliphatic rings. The third-order valence-corrected chi connectivity index (χ3v) is 2.83. The number of amides is 1.